The van der Waals surface area contributed by atoms with Gasteiger partial charge in [-0.2, -0.15) is 0 Å². The van der Waals surface area contributed by atoms with Crippen LogP contribution in [0.3, 0.4) is 0 Å². The van der Waals surface area contributed by atoms with Crippen molar-refractivity contribution >= 4 is 33.2 Å². The third-order valence-electron chi connectivity index (χ3n) is 4.34. The van der Waals surface area contributed by atoms with Crippen LogP contribution in [0.1, 0.15) is 6.92 Å². The first kappa shape index (κ1) is 20.5. The molecule has 2 aromatic carbocycles. The van der Waals surface area contributed by atoms with Crippen LogP contribution in [0.15, 0.2) is 47.4 Å². The van der Waals surface area contributed by atoms with Gasteiger partial charge in [-0.15, -0.1) is 0 Å². The van der Waals surface area contributed by atoms with E-state index in [1.165, 1.54) is 39.3 Å². The van der Waals surface area contributed by atoms with Gasteiger partial charge in [-0.3, -0.25) is 13.9 Å². The third kappa shape index (κ3) is 3.97. The highest BCUT2D eigenvalue weighted by atomic mass is 32.2. The van der Waals surface area contributed by atoms with Gasteiger partial charge in [0.15, 0.2) is 6.10 Å². The molecule has 0 aromatic heterocycles. The number of rotatable bonds is 5. The monoisotopic (exact) mass is 419 g/mol. The van der Waals surface area contributed by atoms with E-state index >= 15 is 0 Å². The number of amides is 2. The number of hydrogen-bond acceptors (Lipinski definition) is 6. The molecule has 1 heterocycles. The van der Waals surface area contributed by atoms with Gasteiger partial charge in [-0.05, 0) is 30.3 Å². The standard InChI is InChI=1S/C19H21N3O6S/c1-12(23)21-14-10-13(8-9-16(14)27-3)29(25,26)22-11-18(19(24)20-2)28-17-7-5-4-6-15(17)22/h4-10,18H,11H2,1-3H3,(H,20,24)(H,21,23)/t18-/m1/s1. The molecule has 0 fully saturated rings. The van der Waals surface area contributed by atoms with Gasteiger partial charge in [0.05, 0.1) is 29.9 Å². The number of carbonyl (C=O) groups is 2. The zero-order valence-electron chi connectivity index (χ0n) is 16.1. The number of nitrogens with one attached hydrogen (secondary N) is 2. The smallest absolute Gasteiger partial charge is 0.264 e. The average molecular weight is 419 g/mol. The van der Waals surface area contributed by atoms with Crippen molar-refractivity contribution in [3.8, 4) is 11.5 Å². The summed E-state index contributed by atoms with van der Waals surface area (Å²) in [5.41, 5.74) is 0.551. The highest BCUT2D eigenvalue weighted by molar-refractivity contribution is 7.92. The van der Waals surface area contributed by atoms with Crippen molar-refractivity contribution in [3.05, 3.63) is 42.5 Å². The molecule has 3 rings (SSSR count). The predicted octanol–water partition coefficient (Wildman–Crippen LogP) is 1.36. The Kier molecular flexibility index (Phi) is 5.64. The Morgan fingerprint density at radius 2 is 1.93 bits per heavy atom. The van der Waals surface area contributed by atoms with Crippen molar-refractivity contribution in [2.75, 3.05) is 30.3 Å². The normalized spacial score (nSPS) is 15.7. The van der Waals surface area contributed by atoms with Crippen molar-refractivity contribution in [3.63, 3.8) is 0 Å². The van der Waals surface area contributed by atoms with Crippen LogP contribution in [0.2, 0.25) is 0 Å². The molecule has 0 radical (unpaired) electrons. The topological polar surface area (TPSA) is 114 Å². The molecule has 29 heavy (non-hydrogen) atoms. The Bertz CT molecular complexity index is 1050. The summed E-state index contributed by atoms with van der Waals surface area (Å²) in [6.45, 7) is 1.12. The number of ether oxygens (including phenoxy) is 2. The SMILES string of the molecule is CNC(=O)[C@H]1CN(S(=O)(=O)c2ccc(OC)c(NC(C)=O)c2)c2ccccc2O1. The van der Waals surface area contributed by atoms with Gasteiger partial charge in [0.25, 0.3) is 15.9 Å². The van der Waals surface area contributed by atoms with Crippen LogP contribution in [0.25, 0.3) is 0 Å². The van der Waals surface area contributed by atoms with Crippen LogP contribution in [0.4, 0.5) is 11.4 Å². The van der Waals surface area contributed by atoms with Gasteiger partial charge in [0, 0.05) is 14.0 Å². The number of anilines is 2. The van der Waals surface area contributed by atoms with Crippen molar-refractivity contribution in [2.24, 2.45) is 0 Å². The minimum atomic E-state index is -4.07. The summed E-state index contributed by atoms with van der Waals surface area (Å²) in [5.74, 6) is -0.195. The molecule has 0 aliphatic carbocycles. The van der Waals surface area contributed by atoms with Crippen LogP contribution in [0, 0.1) is 0 Å². The molecule has 10 heteroatoms. The number of carbonyl (C=O) groups excluding carboxylic acids is 2. The molecule has 0 unspecified atom stereocenters. The zero-order valence-corrected chi connectivity index (χ0v) is 16.9. The molecular weight excluding hydrogens is 398 g/mol. The molecule has 2 amide bonds. The molecule has 0 saturated carbocycles. The Morgan fingerprint density at radius 3 is 2.59 bits per heavy atom. The fourth-order valence-electron chi connectivity index (χ4n) is 2.99. The summed E-state index contributed by atoms with van der Waals surface area (Å²) in [5, 5.41) is 5.03. The van der Waals surface area contributed by atoms with E-state index in [2.05, 4.69) is 10.6 Å². The van der Waals surface area contributed by atoms with E-state index in [4.69, 9.17) is 9.47 Å². The first-order chi connectivity index (χ1) is 13.8. The zero-order chi connectivity index (χ0) is 21.2. The van der Waals surface area contributed by atoms with Gasteiger partial charge in [-0.1, -0.05) is 12.1 Å². The van der Waals surface area contributed by atoms with Gasteiger partial charge in [0.1, 0.15) is 11.5 Å². The molecule has 0 saturated heterocycles. The van der Waals surface area contributed by atoms with E-state index in [-0.39, 0.29) is 28.8 Å². The average Bonchev–Trinajstić information content (AvgIpc) is 2.71. The first-order valence-electron chi connectivity index (χ1n) is 8.73. The number of nitrogens with zero attached hydrogens (tertiary/aromatic N) is 1. The van der Waals surface area contributed by atoms with E-state index in [9.17, 15) is 18.0 Å². The largest absolute Gasteiger partial charge is 0.495 e. The van der Waals surface area contributed by atoms with Crippen molar-refractivity contribution < 1.29 is 27.5 Å². The maximum atomic E-state index is 13.4. The summed E-state index contributed by atoms with van der Waals surface area (Å²) in [6, 6.07) is 10.7. The molecule has 154 valence electrons. The fraction of sp³-hybridized carbons (Fsp3) is 0.263. The number of para-hydroxylation sites is 2. The molecular formula is C19H21N3O6S. The molecule has 0 bridgehead atoms. The molecule has 1 aliphatic rings. The van der Waals surface area contributed by atoms with Crippen LogP contribution in [-0.2, 0) is 19.6 Å². The minimum absolute atomic E-state index is 0.0607. The summed E-state index contributed by atoms with van der Waals surface area (Å²) in [6.07, 6.45) is -1.00. The van der Waals surface area contributed by atoms with Gasteiger partial charge in [-0.25, -0.2) is 8.42 Å². The first-order valence-corrected chi connectivity index (χ1v) is 10.2. The van der Waals surface area contributed by atoms with Crippen molar-refractivity contribution in [1.82, 2.24) is 5.32 Å². The van der Waals surface area contributed by atoms with E-state index < -0.39 is 22.0 Å². The van der Waals surface area contributed by atoms with Crippen molar-refractivity contribution in [2.45, 2.75) is 17.9 Å². The number of hydrogen-bond donors (Lipinski definition) is 2. The highest BCUT2D eigenvalue weighted by Gasteiger charge is 2.37. The van der Waals surface area contributed by atoms with Gasteiger partial charge >= 0.3 is 0 Å². The second-order valence-corrected chi connectivity index (χ2v) is 8.13. The Balaban J connectivity index is 2.08. The number of benzene rings is 2. The van der Waals surface area contributed by atoms with Crippen LogP contribution >= 0.6 is 0 Å². The Morgan fingerprint density at radius 1 is 1.21 bits per heavy atom. The lowest BCUT2D eigenvalue weighted by Crippen LogP contribution is -2.50. The van der Waals surface area contributed by atoms with E-state index in [0.717, 1.165) is 4.31 Å². The predicted molar refractivity (Wildman–Crippen MR) is 107 cm³/mol. The minimum Gasteiger partial charge on any atom is -0.495 e. The quantitative estimate of drug-likeness (QED) is 0.756. The van der Waals surface area contributed by atoms with Gasteiger partial charge < -0.3 is 20.1 Å². The second kappa shape index (κ2) is 8.00. The summed E-state index contributed by atoms with van der Waals surface area (Å²) < 4.78 is 38.8. The molecule has 1 atom stereocenters. The van der Waals surface area contributed by atoms with E-state index in [0.29, 0.717) is 11.4 Å². The van der Waals surface area contributed by atoms with E-state index in [1.807, 2.05) is 0 Å². The lowest BCUT2D eigenvalue weighted by Gasteiger charge is -2.34. The second-order valence-electron chi connectivity index (χ2n) is 6.27. The lowest BCUT2D eigenvalue weighted by atomic mass is 10.2. The van der Waals surface area contributed by atoms with Crippen LogP contribution < -0.4 is 24.4 Å². The van der Waals surface area contributed by atoms with E-state index in [1.54, 1.807) is 24.3 Å². The number of methoxy groups -OCH3 is 1. The summed E-state index contributed by atoms with van der Waals surface area (Å²) in [4.78, 5) is 23.5. The van der Waals surface area contributed by atoms with Gasteiger partial charge in [0.2, 0.25) is 5.91 Å². The molecule has 9 nitrogen and oxygen atoms in total. The lowest BCUT2D eigenvalue weighted by molar-refractivity contribution is -0.127. The van der Waals surface area contributed by atoms with Crippen LogP contribution in [0.5, 0.6) is 11.5 Å². The summed E-state index contributed by atoms with van der Waals surface area (Å²) in [7, 11) is -1.20. The van der Waals surface area contributed by atoms with Crippen LogP contribution in [-0.4, -0.2) is 47.0 Å². The Hall–Kier alpha value is -3.27. The highest BCUT2D eigenvalue weighted by Crippen LogP contribution is 2.38. The Labute approximate surface area is 168 Å². The molecule has 1 aliphatic heterocycles. The number of fused-ring (bicyclic) bond motifs is 1. The third-order valence-corrected chi connectivity index (χ3v) is 6.12. The number of likely N-dealkylation sites (N-methyl/N-ethyl adjacent to an activating group) is 1. The maximum Gasteiger partial charge on any atom is 0.264 e. The molecule has 0 spiro atoms. The number of sulfonamides is 1. The molecule has 2 aromatic rings. The maximum absolute atomic E-state index is 13.4. The summed E-state index contributed by atoms with van der Waals surface area (Å²) >= 11 is 0. The fourth-order valence-corrected chi connectivity index (χ4v) is 4.49. The molecule has 2 N–H and O–H groups in total. The van der Waals surface area contributed by atoms with Crippen molar-refractivity contribution in [1.29, 1.82) is 0 Å².